The Morgan fingerprint density at radius 1 is 1.06 bits per heavy atom. The second-order valence-electron chi connectivity index (χ2n) is 4.65. The monoisotopic (exact) mass is 241 g/mol. The van der Waals surface area contributed by atoms with Crippen LogP contribution in [-0.2, 0) is 6.42 Å². The van der Waals surface area contributed by atoms with Gasteiger partial charge in [0.15, 0.2) is 0 Å². The van der Waals surface area contributed by atoms with Gasteiger partial charge in [0.05, 0.1) is 0 Å². The highest BCUT2D eigenvalue weighted by molar-refractivity contribution is 5.46. The Bertz CT molecular complexity index is 477. The molecule has 1 heterocycles. The Balaban J connectivity index is 2.07. The van der Waals surface area contributed by atoms with Crippen LogP contribution in [0.25, 0.3) is 0 Å². The van der Waals surface area contributed by atoms with Gasteiger partial charge in [-0.15, -0.1) is 0 Å². The number of benzene rings is 1. The third kappa shape index (κ3) is 3.08. The highest BCUT2D eigenvalue weighted by Gasteiger charge is 2.07. The van der Waals surface area contributed by atoms with Gasteiger partial charge in [-0.05, 0) is 41.8 Å². The maximum absolute atomic E-state index is 6.22. The lowest BCUT2D eigenvalue weighted by Gasteiger charge is -2.16. The van der Waals surface area contributed by atoms with Crippen LogP contribution in [-0.4, -0.2) is 19.1 Å². The van der Waals surface area contributed by atoms with E-state index in [1.807, 2.05) is 26.2 Å². The summed E-state index contributed by atoms with van der Waals surface area (Å²) in [4.78, 5) is 6.09. The minimum Gasteiger partial charge on any atom is -0.378 e. The van der Waals surface area contributed by atoms with E-state index in [9.17, 15) is 0 Å². The van der Waals surface area contributed by atoms with Crippen molar-refractivity contribution in [3.8, 4) is 0 Å². The van der Waals surface area contributed by atoms with Crippen LogP contribution >= 0.6 is 0 Å². The van der Waals surface area contributed by atoms with Crippen molar-refractivity contribution in [3.05, 3.63) is 59.9 Å². The number of anilines is 1. The van der Waals surface area contributed by atoms with Crippen molar-refractivity contribution in [2.45, 2.75) is 12.5 Å². The first-order valence-electron chi connectivity index (χ1n) is 6.08. The van der Waals surface area contributed by atoms with Crippen molar-refractivity contribution in [1.82, 2.24) is 4.98 Å². The minimum atomic E-state index is 0.0311. The molecule has 0 aliphatic rings. The molecule has 94 valence electrons. The Morgan fingerprint density at radius 2 is 1.67 bits per heavy atom. The Labute approximate surface area is 108 Å². The largest absolute Gasteiger partial charge is 0.378 e. The summed E-state index contributed by atoms with van der Waals surface area (Å²) in [5.74, 6) is 0. The zero-order valence-electron chi connectivity index (χ0n) is 10.9. The van der Waals surface area contributed by atoms with Gasteiger partial charge in [-0.3, -0.25) is 4.98 Å². The number of hydrogen-bond donors (Lipinski definition) is 1. The predicted octanol–water partition coefficient (Wildman–Crippen LogP) is 2.39. The van der Waals surface area contributed by atoms with E-state index in [0.29, 0.717) is 0 Å². The third-order valence-corrected chi connectivity index (χ3v) is 3.04. The summed E-state index contributed by atoms with van der Waals surface area (Å²) >= 11 is 0. The maximum Gasteiger partial charge on any atom is 0.0361 e. The first kappa shape index (κ1) is 12.6. The molecular weight excluding hydrogens is 222 g/mol. The highest BCUT2D eigenvalue weighted by atomic mass is 15.1. The molecule has 0 bridgehead atoms. The molecular formula is C15H19N3. The van der Waals surface area contributed by atoms with Crippen molar-refractivity contribution in [2.75, 3.05) is 19.0 Å². The number of nitrogens with two attached hydrogens (primary N) is 1. The van der Waals surface area contributed by atoms with Gasteiger partial charge in [0.2, 0.25) is 0 Å². The van der Waals surface area contributed by atoms with Crippen LogP contribution in [0, 0.1) is 0 Å². The van der Waals surface area contributed by atoms with Gasteiger partial charge in [-0.1, -0.05) is 12.1 Å². The topological polar surface area (TPSA) is 42.1 Å². The molecule has 3 nitrogen and oxygen atoms in total. The minimum absolute atomic E-state index is 0.0311. The van der Waals surface area contributed by atoms with E-state index >= 15 is 0 Å². The van der Waals surface area contributed by atoms with E-state index in [0.717, 1.165) is 12.0 Å². The summed E-state index contributed by atoms with van der Waals surface area (Å²) < 4.78 is 0. The van der Waals surface area contributed by atoms with Crippen LogP contribution in [0.3, 0.4) is 0 Å². The Hall–Kier alpha value is -1.87. The number of hydrogen-bond acceptors (Lipinski definition) is 3. The summed E-state index contributed by atoms with van der Waals surface area (Å²) in [7, 11) is 4.07. The molecule has 0 saturated heterocycles. The summed E-state index contributed by atoms with van der Waals surface area (Å²) in [5, 5.41) is 0. The molecule has 0 aliphatic heterocycles. The fourth-order valence-corrected chi connectivity index (χ4v) is 1.91. The van der Waals surface area contributed by atoms with E-state index in [-0.39, 0.29) is 6.04 Å². The van der Waals surface area contributed by atoms with E-state index < -0.39 is 0 Å². The zero-order chi connectivity index (χ0) is 13.0. The predicted molar refractivity (Wildman–Crippen MR) is 75.6 cm³/mol. The highest BCUT2D eigenvalue weighted by Crippen LogP contribution is 2.19. The van der Waals surface area contributed by atoms with Gasteiger partial charge in [0, 0.05) is 38.2 Å². The molecule has 1 atom stereocenters. The van der Waals surface area contributed by atoms with Crippen LogP contribution in [0.4, 0.5) is 5.69 Å². The molecule has 2 N–H and O–H groups in total. The third-order valence-electron chi connectivity index (χ3n) is 3.04. The van der Waals surface area contributed by atoms with E-state index in [2.05, 4.69) is 34.1 Å². The smallest absolute Gasteiger partial charge is 0.0361 e. The molecule has 0 fully saturated rings. The molecule has 0 spiro atoms. The van der Waals surface area contributed by atoms with Gasteiger partial charge in [0.1, 0.15) is 0 Å². The molecule has 0 amide bonds. The van der Waals surface area contributed by atoms with E-state index in [4.69, 9.17) is 5.73 Å². The normalized spacial score (nSPS) is 12.2. The fourth-order valence-electron chi connectivity index (χ4n) is 1.91. The van der Waals surface area contributed by atoms with Crippen LogP contribution in [0.15, 0.2) is 48.8 Å². The summed E-state index contributed by atoms with van der Waals surface area (Å²) in [6.07, 6.45) is 4.44. The average molecular weight is 241 g/mol. The van der Waals surface area contributed by atoms with E-state index in [1.165, 1.54) is 11.3 Å². The second kappa shape index (κ2) is 5.65. The Morgan fingerprint density at radius 3 is 2.22 bits per heavy atom. The molecule has 1 aromatic carbocycles. The molecule has 3 heteroatoms. The molecule has 1 unspecified atom stereocenters. The van der Waals surface area contributed by atoms with Crippen LogP contribution in [0.2, 0.25) is 0 Å². The van der Waals surface area contributed by atoms with Crippen molar-refractivity contribution in [2.24, 2.45) is 5.73 Å². The zero-order valence-corrected chi connectivity index (χ0v) is 10.9. The number of nitrogens with zero attached hydrogens (tertiary/aromatic N) is 2. The lowest BCUT2D eigenvalue weighted by atomic mass is 10.0. The fraction of sp³-hybridized carbons (Fsp3) is 0.267. The van der Waals surface area contributed by atoms with Gasteiger partial charge in [-0.25, -0.2) is 0 Å². The summed E-state index contributed by atoms with van der Waals surface area (Å²) in [5.41, 5.74) is 9.79. The molecule has 2 aromatic rings. The molecule has 0 aliphatic carbocycles. The summed E-state index contributed by atoms with van der Waals surface area (Å²) in [6.45, 7) is 0. The first-order chi connectivity index (χ1) is 8.66. The SMILES string of the molecule is CN(C)c1ccc(C(N)Cc2ccncc2)cc1. The molecule has 1 aromatic heterocycles. The number of pyridine rings is 1. The van der Waals surface area contributed by atoms with Crippen molar-refractivity contribution in [3.63, 3.8) is 0 Å². The van der Waals surface area contributed by atoms with Crippen LogP contribution in [0.1, 0.15) is 17.2 Å². The molecule has 0 saturated carbocycles. The van der Waals surface area contributed by atoms with Crippen LogP contribution < -0.4 is 10.6 Å². The number of aromatic nitrogens is 1. The Kier molecular flexibility index (Phi) is 3.95. The quantitative estimate of drug-likeness (QED) is 0.893. The van der Waals surface area contributed by atoms with Crippen molar-refractivity contribution < 1.29 is 0 Å². The van der Waals surface area contributed by atoms with Gasteiger partial charge < -0.3 is 10.6 Å². The van der Waals surface area contributed by atoms with Gasteiger partial charge >= 0.3 is 0 Å². The lowest BCUT2D eigenvalue weighted by molar-refractivity contribution is 0.721. The molecule has 18 heavy (non-hydrogen) atoms. The maximum atomic E-state index is 6.22. The average Bonchev–Trinajstić information content (AvgIpc) is 2.40. The standard InChI is InChI=1S/C15H19N3/c1-18(2)14-5-3-13(4-6-14)15(16)11-12-7-9-17-10-8-12/h3-10,15H,11,16H2,1-2H3. The first-order valence-corrected chi connectivity index (χ1v) is 6.08. The summed E-state index contributed by atoms with van der Waals surface area (Å²) in [6, 6.07) is 12.4. The lowest BCUT2D eigenvalue weighted by Crippen LogP contribution is -2.14. The van der Waals surface area contributed by atoms with E-state index in [1.54, 1.807) is 12.4 Å². The van der Waals surface area contributed by atoms with Gasteiger partial charge in [-0.2, -0.15) is 0 Å². The molecule has 0 radical (unpaired) electrons. The number of rotatable bonds is 4. The molecule has 2 rings (SSSR count). The second-order valence-corrected chi connectivity index (χ2v) is 4.65. The van der Waals surface area contributed by atoms with Crippen molar-refractivity contribution in [1.29, 1.82) is 0 Å². The van der Waals surface area contributed by atoms with Crippen molar-refractivity contribution >= 4 is 5.69 Å². The van der Waals surface area contributed by atoms with Gasteiger partial charge in [0.25, 0.3) is 0 Å². The van der Waals surface area contributed by atoms with Crippen LogP contribution in [0.5, 0.6) is 0 Å².